The average molecular weight is 270 g/mol. The average Bonchev–Trinajstić information content (AvgIpc) is 2.80. The Morgan fingerprint density at radius 1 is 1.50 bits per heavy atom. The molecule has 0 saturated heterocycles. The van der Waals surface area contributed by atoms with Gasteiger partial charge < -0.3 is 10.3 Å². The summed E-state index contributed by atoms with van der Waals surface area (Å²) in [5.74, 6) is 0.462. The number of nitrogens with zero attached hydrogens (tertiary/aromatic N) is 2. The maximum absolute atomic E-state index is 12.9. The van der Waals surface area contributed by atoms with E-state index in [1.165, 1.54) is 18.2 Å². The van der Waals surface area contributed by atoms with E-state index in [1.807, 2.05) is 6.92 Å². The number of rotatable bonds is 4. The lowest BCUT2D eigenvalue weighted by molar-refractivity contribution is 0.351. The van der Waals surface area contributed by atoms with Crippen molar-refractivity contribution in [3.8, 4) is 11.4 Å². The van der Waals surface area contributed by atoms with E-state index in [0.29, 0.717) is 23.8 Å². The van der Waals surface area contributed by atoms with Crippen LogP contribution in [0.5, 0.6) is 0 Å². The molecule has 0 aliphatic rings. The first-order valence-electron chi connectivity index (χ1n) is 5.64. The Morgan fingerprint density at radius 3 is 2.89 bits per heavy atom. The van der Waals surface area contributed by atoms with Gasteiger partial charge in [0.25, 0.3) is 0 Å². The summed E-state index contributed by atoms with van der Waals surface area (Å²) in [7, 11) is 0. The van der Waals surface area contributed by atoms with Crippen molar-refractivity contribution in [2.24, 2.45) is 5.73 Å². The van der Waals surface area contributed by atoms with E-state index in [1.54, 1.807) is 0 Å². The molecule has 96 valence electrons. The van der Waals surface area contributed by atoms with E-state index in [0.717, 1.165) is 6.42 Å². The topological polar surface area (TPSA) is 64.9 Å². The van der Waals surface area contributed by atoms with Crippen LogP contribution in [0, 0.1) is 5.82 Å². The lowest BCUT2D eigenvalue weighted by atomic mass is 10.1. The summed E-state index contributed by atoms with van der Waals surface area (Å²) in [6, 6.07) is 4.04. The molecule has 1 aromatic heterocycles. The highest BCUT2D eigenvalue weighted by Crippen LogP contribution is 2.27. The summed E-state index contributed by atoms with van der Waals surface area (Å²) in [4.78, 5) is 4.25. The number of hydrogen-bond acceptors (Lipinski definition) is 4. The van der Waals surface area contributed by atoms with E-state index in [2.05, 4.69) is 10.1 Å². The van der Waals surface area contributed by atoms with Crippen molar-refractivity contribution in [3.05, 3.63) is 34.9 Å². The molecule has 2 aromatic rings. The van der Waals surface area contributed by atoms with Gasteiger partial charge in [-0.2, -0.15) is 4.98 Å². The molecule has 2 rings (SSSR count). The molecular weight excluding hydrogens is 257 g/mol. The van der Waals surface area contributed by atoms with Crippen LogP contribution in [-0.2, 0) is 0 Å². The third-order valence-corrected chi connectivity index (χ3v) is 3.05. The van der Waals surface area contributed by atoms with E-state index in [4.69, 9.17) is 21.9 Å². The van der Waals surface area contributed by atoms with Gasteiger partial charge in [0.15, 0.2) is 0 Å². The quantitative estimate of drug-likeness (QED) is 0.927. The molecule has 0 aliphatic heterocycles. The van der Waals surface area contributed by atoms with Gasteiger partial charge in [-0.3, -0.25) is 0 Å². The summed E-state index contributed by atoms with van der Waals surface area (Å²) in [6.07, 6.45) is 0.815. The molecule has 1 unspecified atom stereocenters. The van der Waals surface area contributed by atoms with E-state index >= 15 is 0 Å². The second-order valence-corrected chi connectivity index (χ2v) is 4.33. The van der Waals surface area contributed by atoms with Gasteiger partial charge in [-0.05, 0) is 24.6 Å². The van der Waals surface area contributed by atoms with Crippen LogP contribution in [0.1, 0.15) is 25.2 Å². The van der Waals surface area contributed by atoms with E-state index in [-0.39, 0.29) is 10.9 Å². The Bertz CT molecular complexity index is 540. The van der Waals surface area contributed by atoms with Crippen molar-refractivity contribution in [2.45, 2.75) is 19.3 Å². The summed E-state index contributed by atoms with van der Waals surface area (Å²) >= 11 is 5.93. The van der Waals surface area contributed by atoms with Crippen LogP contribution >= 0.6 is 11.6 Å². The Morgan fingerprint density at radius 2 is 2.28 bits per heavy atom. The van der Waals surface area contributed by atoms with Gasteiger partial charge in [0, 0.05) is 12.1 Å². The first-order valence-corrected chi connectivity index (χ1v) is 6.02. The Labute approximate surface area is 109 Å². The second-order valence-electron chi connectivity index (χ2n) is 3.92. The molecular formula is C12H13ClFN3O. The van der Waals surface area contributed by atoms with Crippen LogP contribution in [0.4, 0.5) is 4.39 Å². The SMILES string of the molecule is CCC(CN)c1nc(-c2ccc(F)cc2Cl)no1. The van der Waals surface area contributed by atoms with Crippen molar-refractivity contribution in [3.63, 3.8) is 0 Å². The minimum absolute atomic E-state index is 0.0328. The number of benzene rings is 1. The zero-order chi connectivity index (χ0) is 13.1. The Hall–Kier alpha value is -1.46. The predicted octanol–water partition coefficient (Wildman–Crippen LogP) is 2.98. The van der Waals surface area contributed by atoms with Gasteiger partial charge in [-0.15, -0.1) is 0 Å². The number of nitrogens with two attached hydrogens (primary N) is 1. The van der Waals surface area contributed by atoms with Crippen LogP contribution in [-0.4, -0.2) is 16.7 Å². The van der Waals surface area contributed by atoms with Crippen LogP contribution in [0.25, 0.3) is 11.4 Å². The second kappa shape index (κ2) is 5.46. The highest BCUT2D eigenvalue weighted by atomic mass is 35.5. The molecule has 0 spiro atoms. The minimum Gasteiger partial charge on any atom is -0.339 e. The minimum atomic E-state index is -0.402. The third kappa shape index (κ3) is 2.52. The largest absolute Gasteiger partial charge is 0.339 e. The predicted molar refractivity (Wildman–Crippen MR) is 66.8 cm³/mol. The number of hydrogen-bond donors (Lipinski definition) is 1. The fraction of sp³-hybridized carbons (Fsp3) is 0.333. The monoisotopic (exact) mass is 269 g/mol. The third-order valence-electron chi connectivity index (χ3n) is 2.74. The highest BCUT2D eigenvalue weighted by Gasteiger charge is 2.17. The summed E-state index contributed by atoms with van der Waals surface area (Å²) in [5, 5.41) is 4.10. The van der Waals surface area contributed by atoms with Crippen LogP contribution < -0.4 is 5.73 Å². The van der Waals surface area contributed by atoms with Crippen molar-refractivity contribution < 1.29 is 8.91 Å². The Balaban J connectivity index is 2.34. The lowest BCUT2D eigenvalue weighted by Gasteiger charge is -2.04. The first-order chi connectivity index (χ1) is 8.65. The molecule has 1 atom stereocenters. The van der Waals surface area contributed by atoms with E-state index < -0.39 is 5.82 Å². The molecule has 6 heteroatoms. The summed E-state index contributed by atoms with van der Waals surface area (Å²) in [6.45, 7) is 2.43. The highest BCUT2D eigenvalue weighted by molar-refractivity contribution is 6.33. The van der Waals surface area contributed by atoms with Gasteiger partial charge in [0.05, 0.1) is 10.9 Å². The molecule has 4 nitrogen and oxygen atoms in total. The van der Waals surface area contributed by atoms with Crippen molar-refractivity contribution in [1.82, 2.24) is 10.1 Å². The van der Waals surface area contributed by atoms with Crippen molar-refractivity contribution >= 4 is 11.6 Å². The molecule has 18 heavy (non-hydrogen) atoms. The molecule has 0 amide bonds. The first kappa shape index (κ1) is 13.0. The lowest BCUT2D eigenvalue weighted by Crippen LogP contribution is -2.11. The molecule has 1 heterocycles. The molecule has 1 aromatic carbocycles. The zero-order valence-corrected chi connectivity index (χ0v) is 10.6. The molecule has 0 saturated carbocycles. The van der Waals surface area contributed by atoms with Gasteiger partial charge in [0.1, 0.15) is 5.82 Å². The smallest absolute Gasteiger partial charge is 0.231 e. The van der Waals surface area contributed by atoms with Gasteiger partial charge in [0.2, 0.25) is 11.7 Å². The van der Waals surface area contributed by atoms with Crippen LogP contribution in [0.2, 0.25) is 5.02 Å². The van der Waals surface area contributed by atoms with Crippen LogP contribution in [0.3, 0.4) is 0 Å². The van der Waals surface area contributed by atoms with Gasteiger partial charge in [-0.25, -0.2) is 4.39 Å². The fourth-order valence-electron chi connectivity index (χ4n) is 1.62. The summed E-state index contributed by atoms with van der Waals surface area (Å²) < 4.78 is 18.1. The fourth-order valence-corrected chi connectivity index (χ4v) is 1.88. The summed E-state index contributed by atoms with van der Waals surface area (Å²) in [5.41, 5.74) is 6.15. The van der Waals surface area contributed by atoms with Crippen molar-refractivity contribution in [1.29, 1.82) is 0 Å². The van der Waals surface area contributed by atoms with E-state index in [9.17, 15) is 4.39 Å². The maximum Gasteiger partial charge on any atom is 0.231 e. The van der Waals surface area contributed by atoms with Crippen molar-refractivity contribution in [2.75, 3.05) is 6.54 Å². The normalized spacial score (nSPS) is 12.7. The molecule has 2 N–H and O–H groups in total. The van der Waals surface area contributed by atoms with Gasteiger partial charge >= 0.3 is 0 Å². The number of aromatic nitrogens is 2. The molecule has 0 radical (unpaired) electrons. The molecule has 0 aliphatic carbocycles. The van der Waals surface area contributed by atoms with Gasteiger partial charge in [-0.1, -0.05) is 23.7 Å². The molecule has 0 fully saturated rings. The standard InChI is InChI=1S/C12H13ClFN3O/c1-2-7(6-15)12-16-11(17-18-12)9-4-3-8(14)5-10(9)13/h3-5,7H,2,6,15H2,1H3. The van der Waals surface area contributed by atoms with Crippen LogP contribution in [0.15, 0.2) is 22.7 Å². The number of halogens is 2. The maximum atomic E-state index is 12.9. The zero-order valence-electron chi connectivity index (χ0n) is 9.86. The molecule has 0 bridgehead atoms. The Kier molecular flexibility index (Phi) is 3.93.